The summed E-state index contributed by atoms with van der Waals surface area (Å²) in [5.74, 6) is 2.13. The van der Waals surface area contributed by atoms with E-state index in [1.54, 1.807) is 0 Å². The Hall–Kier alpha value is -1.55. The molecule has 2 aliphatic rings. The van der Waals surface area contributed by atoms with Crippen molar-refractivity contribution in [3.05, 3.63) is 23.8 Å². The van der Waals surface area contributed by atoms with Gasteiger partial charge in [0.1, 0.15) is 5.78 Å². The van der Waals surface area contributed by atoms with Gasteiger partial charge in [-0.3, -0.25) is 4.79 Å². The third-order valence-electron chi connectivity index (χ3n) is 3.94. The summed E-state index contributed by atoms with van der Waals surface area (Å²) < 4.78 is 11.3. The van der Waals surface area contributed by atoms with Crippen LogP contribution in [0.15, 0.2) is 18.2 Å². The first-order valence-electron chi connectivity index (χ1n) is 7.44. The van der Waals surface area contributed by atoms with E-state index < -0.39 is 0 Å². The summed E-state index contributed by atoms with van der Waals surface area (Å²) in [6.45, 7) is 4.28. The lowest BCUT2D eigenvalue weighted by Gasteiger charge is -2.25. The molecular formula is C16H21NO3. The lowest BCUT2D eigenvalue weighted by Crippen LogP contribution is -2.35. The maximum Gasteiger partial charge on any atom is 0.161 e. The van der Waals surface area contributed by atoms with Gasteiger partial charge < -0.3 is 14.4 Å². The first-order valence-corrected chi connectivity index (χ1v) is 7.44. The number of likely N-dealkylation sites (tertiary alicyclic amines) is 1. The molecule has 0 N–H and O–H groups in total. The molecular weight excluding hydrogens is 254 g/mol. The monoisotopic (exact) mass is 275 g/mol. The molecule has 20 heavy (non-hydrogen) atoms. The highest BCUT2D eigenvalue weighted by Gasteiger charge is 2.16. The van der Waals surface area contributed by atoms with Gasteiger partial charge in [-0.15, -0.1) is 0 Å². The molecule has 0 unspecified atom stereocenters. The Bertz CT molecular complexity index is 477. The van der Waals surface area contributed by atoms with Gasteiger partial charge in [0.25, 0.3) is 0 Å². The van der Waals surface area contributed by atoms with Gasteiger partial charge in [-0.2, -0.15) is 0 Å². The third-order valence-corrected chi connectivity index (χ3v) is 3.94. The molecule has 1 saturated heterocycles. The zero-order valence-electron chi connectivity index (χ0n) is 11.8. The van der Waals surface area contributed by atoms with E-state index in [9.17, 15) is 4.79 Å². The maximum atomic E-state index is 11.2. The van der Waals surface area contributed by atoms with Crippen molar-refractivity contribution in [2.45, 2.75) is 25.7 Å². The number of carbonyl (C=O) groups is 1. The Balaban J connectivity index is 1.57. The number of nitrogens with zero attached hydrogens (tertiary/aromatic N) is 1. The third kappa shape index (κ3) is 3.31. The molecule has 0 amide bonds. The summed E-state index contributed by atoms with van der Waals surface area (Å²) in [7, 11) is 0. The highest BCUT2D eigenvalue weighted by molar-refractivity contribution is 5.79. The number of Topliss-reactive ketones (excluding diaryl/α,β-unsaturated/α-hetero) is 1. The van der Waals surface area contributed by atoms with E-state index in [2.05, 4.69) is 17.0 Å². The van der Waals surface area contributed by atoms with Crippen LogP contribution >= 0.6 is 0 Å². The van der Waals surface area contributed by atoms with Crippen molar-refractivity contribution in [2.24, 2.45) is 0 Å². The standard InChI is InChI=1S/C16H21NO3/c18-14-5-8-17(9-6-14)7-4-13-2-3-15-16(12-13)20-11-1-10-19-15/h2-3,12H,1,4-11H2. The molecule has 0 spiro atoms. The first-order chi connectivity index (χ1) is 9.81. The van der Waals surface area contributed by atoms with E-state index in [0.717, 1.165) is 57.2 Å². The Morgan fingerprint density at radius 1 is 1.05 bits per heavy atom. The largest absolute Gasteiger partial charge is 0.490 e. The fourth-order valence-electron chi connectivity index (χ4n) is 2.68. The lowest BCUT2D eigenvalue weighted by atomic mass is 10.1. The number of ether oxygens (including phenoxy) is 2. The number of fused-ring (bicyclic) bond motifs is 1. The van der Waals surface area contributed by atoms with Crippen molar-refractivity contribution >= 4 is 5.78 Å². The van der Waals surface area contributed by atoms with Gasteiger partial charge in [-0.25, -0.2) is 0 Å². The zero-order valence-corrected chi connectivity index (χ0v) is 11.8. The van der Waals surface area contributed by atoms with Crippen molar-refractivity contribution < 1.29 is 14.3 Å². The summed E-state index contributed by atoms with van der Waals surface area (Å²) in [5.41, 5.74) is 1.27. The molecule has 0 aromatic heterocycles. The average molecular weight is 275 g/mol. The second kappa shape index (κ2) is 6.27. The minimum Gasteiger partial charge on any atom is -0.490 e. The molecule has 0 atom stereocenters. The Morgan fingerprint density at radius 2 is 1.80 bits per heavy atom. The summed E-state index contributed by atoms with van der Waals surface area (Å²) in [5, 5.41) is 0. The van der Waals surface area contributed by atoms with Gasteiger partial charge in [-0.1, -0.05) is 6.07 Å². The molecule has 0 radical (unpaired) electrons. The number of hydrogen-bond donors (Lipinski definition) is 0. The fraction of sp³-hybridized carbons (Fsp3) is 0.562. The van der Waals surface area contributed by atoms with Crippen molar-refractivity contribution in [3.8, 4) is 11.5 Å². The Morgan fingerprint density at radius 3 is 2.60 bits per heavy atom. The fourth-order valence-corrected chi connectivity index (χ4v) is 2.68. The number of piperidine rings is 1. The summed E-state index contributed by atoms with van der Waals surface area (Å²) >= 11 is 0. The molecule has 4 nitrogen and oxygen atoms in total. The lowest BCUT2D eigenvalue weighted by molar-refractivity contribution is -0.121. The average Bonchev–Trinajstić information content (AvgIpc) is 2.71. The molecule has 2 heterocycles. The van der Waals surface area contributed by atoms with Gasteiger partial charge in [0.2, 0.25) is 0 Å². The van der Waals surface area contributed by atoms with Crippen LogP contribution < -0.4 is 9.47 Å². The van der Waals surface area contributed by atoms with E-state index in [1.807, 2.05) is 6.07 Å². The van der Waals surface area contributed by atoms with Crippen LogP contribution in [0.25, 0.3) is 0 Å². The quantitative estimate of drug-likeness (QED) is 0.846. The highest BCUT2D eigenvalue weighted by atomic mass is 16.5. The molecule has 3 rings (SSSR count). The van der Waals surface area contributed by atoms with Crippen molar-refractivity contribution in [1.82, 2.24) is 4.90 Å². The van der Waals surface area contributed by atoms with E-state index >= 15 is 0 Å². The van der Waals surface area contributed by atoms with Gasteiger partial charge >= 0.3 is 0 Å². The van der Waals surface area contributed by atoms with Crippen LogP contribution in [0.3, 0.4) is 0 Å². The van der Waals surface area contributed by atoms with Crippen molar-refractivity contribution in [2.75, 3.05) is 32.8 Å². The molecule has 0 saturated carbocycles. The molecule has 0 bridgehead atoms. The predicted molar refractivity (Wildman–Crippen MR) is 76.4 cm³/mol. The minimum atomic E-state index is 0.400. The number of benzene rings is 1. The van der Waals surface area contributed by atoms with Gasteiger partial charge in [0.15, 0.2) is 11.5 Å². The number of carbonyl (C=O) groups excluding carboxylic acids is 1. The zero-order chi connectivity index (χ0) is 13.8. The normalized spacial score (nSPS) is 19.7. The van der Waals surface area contributed by atoms with Crippen LogP contribution in [0.5, 0.6) is 11.5 Å². The SMILES string of the molecule is O=C1CCN(CCc2ccc3c(c2)OCCCO3)CC1. The van der Waals surface area contributed by atoms with E-state index in [-0.39, 0.29) is 0 Å². The van der Waals surface area contributed by atoms with Crippen LogP contribution in [-0.2, 0) is 11.2 Å². The Kier molecular flexibility index (Phi) is 4.21. The summed E-state index contributed by atoms with van der Waals surface area (Å²) in [6.07, 6.45) is 3.35. The van der Waals surface area contributed by atoms with Crippen molar-refractivity contribution in [1.29, 1.82) is 0 Å². The van der Waals surface area contributed by atoms with Crippen molar-refractivity contribution in [3.63, 3.8) is 0 Å². The van der Waals surface area contributed by atoms with Gasteiger partial charge in [0.05, 0.1) is 13.2 Å². The van der Waals surface area contributed by atoms with Gasteiger partial charge in [-0.05, 0) is 24.1 Å². The van der Waals surface area contributed by atoms with E-state index in [1.165, 1.54) is 5.56 Å². The number of hydrogen-bond acceptors (Lipinski definition) is 4. The molecule has 1 aromatic carbocycles. The first kappa shape index (κ1) is 13.4. The molecule has 1 aromatic rings. The molecule has 108 valence electrons. The van der Waals surface area contributed by atoms with Crippen LogP contribution in [0.2, 0.25) is 0 Å². The van der Waals surface area contributed by atoms with Crippen LogP contribution in [0.1, 0.15) is 24.8 Å². The van der Waals surface area contributed by atoms with E-state index in [0.29, 0.717) is 18.6 Å². The van der Waals surface area contributed by atoms with Crippen LogP contribution in [-0.4, -0.2) is 43.5 Å². The number of ketones is 1. The van der Waals surface area contributed by atoms with Gasteiger partial charge in [0, 0.05) is 38.9 Å². The smallest absolute Gasteiger partial charge is 0.161 e. The second-order valence-electron chi connectivity index (χ2n) is 5.46. The minimum absolute atomic E-state index is 0.400. The summed E-state index contributed by atoms with van der Waals surface area (Å²) in [4.78, 5) is 13.6. The highest BCUT2D eigenvalue weighted by Crippen LogP contribution is 2.30. The Labute approximate surface area is 119 Å². The molecule has 0 aliphatic carbocycles. The second-order valence-corrected chi connectivity index (χ2v) is 5.46. The number of rotatable bonds is 3. The van der Waals surface area contributed by atoms with Crippen LogP contribution in [0, 0.1) is 0 Å². The molecule has 1 fully saturated rings. The topological polar surface area (TPSA) is 38.8 Å². The molecule has 4 heteroatoms. The summed E-state index contributed by atoms with van der Waals surface area (Å²) in [6, 6.07) is 6.22. The maximum absolute atomic E-state index is 11.2. The van der Waals surface area contributed by atoms with Crippen LogP contribution in [0.4, 0.5) is 0 Å². The van der Waals surface area contributed by atoms with E-state index in [4.69, 9.17) is 9.47 Å². The molecule has 2 aliphatic heterocycles. The predicted octanol–water partition coefficient (Wildman–Crippen LogP) is 2.06.